The van der Waals surface area contributed by atoms with Crippen molar-refractivity contribution in [2.45, 2.75) is 66.8 Å². The molecule has 4 heteroatoms. The Hall–Kier alpha value is -3.40. The number of carbonyl (C=O) groups excluding carboxylic acids is 1. The van der Waals surface area contributed by atoms with Gasteiger partial charge in [-0.2, -0.15) is 0 Å². The molecule has 0 saturated heterocycles. The molecule has 0 spiro atoms. The molecular formula is C32H41NO3. The van der Waals surface area contributed by atoms with Crippen molar-refractivity contribution < 1.29 is 9.53 Å². The SMILES string of the molecule is CCC(C)(C)C(=O)OC.CCC(C)c1ccccc1.CCn1c2ccccc2c(=O)c2ccccc21. The molecule has 0 amide bonds. The molecule has 0 aliphatic heterocycles. The van der Waals surface area contributed by atoms with Crippen molar-refractivity contribution in [2.24, 2.45) is 5.41 Å². The zero-order chi connectivity index (χ0) is 26.7. The van der Waals surface area contributed by atoms with E-state index < -0.39 is 0 Å². The molecule has 1 unspecified atom stereocenters. The van der Waals surface area contributed by atoms with E-state index in [0.29, 0.717) is 5.92 Å². The number of hydrogen-bond acceptors (Lipinski definition) is 3. The molecule has 1 aromatic heterocycles. The van der Waals surface area contributed by atoms with Gasteiger partial charge in [-0.15, -0.1) is 0 Å². The van der Waals surface area contributed by atoms with Gasteiger partial charge < -0.3 is 9.30 Å². The lowest BCUT2D eigenvalue weighted by Crippen LogP contribution is -2.24. The van der Waals surface area contributed by atoms with E-state index in [1.807, 2.05) is 69.3 Å². The minimum Gasteiger partial charge on any atom is -0.469 e. The van der Waals surface area contributed by atoms with Gasteiger partial charge in [-0.25, -0.2) is 0 Å². The largest absolute Gasteiger partial charge is 0.469 e. The van der Waals surface area contributed by atoms with E-state index in [9.17, 15) is 9.59 Å². The Bertz CT molecular complexity index is 1250. The van der Waals surface area contributed by atoms with Crippen LogP contribution < -0.4 is 5.43 Å². The summed E-state index contributed by atoms with van der Waals surface area (Å²) in [5.41, 5.74) is 3.29. The van der Waals surface area contributed by atoms with Crippen LogP contribution in [0.2, 0.25) is 0 Å². The Kier molecular flexibility index (Phi) is 10.9. The fourth-order valence-electron chi connectivity index (χ4n) is 3.86. The van der Waals surface area contributed by atoms with E-state index in [1.165, 1.54) is 19.1 Å². The lowest BCUT2D eigenvalue weighted by molar-refractivity contribution is -0.150. The van der Waals surface area contributed by atoms with Crippen LogP contribution in [0.1, 0.15) is 65.9 Å². The van der Waals surface area contributed by atoms with Crippen LogP contribution in [-0.4, -0.2) is 17.6 Å². The molecule has 36 heavy (non-hydrogen) atoms. The van der Waals surface area contributed by atoms with Crippen LogP contribution in [0.4, 0.5) is 0 Å². The molecule has 4 nitrogen and oxygen atoms in total. The molecule has 0 saturated carbocycles. The Morgan fingerprint density at radius 3 is 1.69 bits per heavy atom. The van der Waals surface area contributed by atoms with Crippen molar-refractivity contribution in [3.05, 3.63) is 94.6 Å². The first-order chi connectivity index (χ1) is 17.2. The van der Waals surface area contributed by atoms with Gasteiger partial charge in [0.25, 0.3) is 0 Å². The van der Waals surface area contributed by atoms with Crippen molar-refractivity contribution in [3.8, 4) is 0 Å². The molecule has 1 heterocycles. The number of aryl methyl sites for hydroxylation is 1. The van der Waals surface area contributed by atoms with Gasteiger partial charge in [-0.05, 0) is 69.4 Å². The summed E-state index contributed by atoms with van der Waals surface area (Å²) in [5.74, 6) is 0.575. The van der Waals surface area contributed by atoms with Gasteiger partial charge in [0.05, 0.1) is 23.6 Å². The van der Waals surface area contributed by atoms with Gasteiger partial charge in [0, 0.05) is 17.3 Å². The number of rotatable bonds is 5. The number of hydrogen-bond donors (Lipinski definition) is 0. The molecule has 4 aromatic rings. The van der Waals surface area contributed by atoms with E-state index in [4.69, 9.17) is 0 Å². The highest BCUT2D eigenvalue weighted by Crippen LogP contribution is 2.21. The van der Waals surface area contributed by atoms with Gasteiger partial charge in [0.2, 0.25) is 0 Å². The average molecular weight is 488 g/mol. The van der Waals surface area contributed by atoms with Crippen LogP contribution in [0, 0.1) is 5.41 Å². The highest BCUT2D eigenvalue weighted by atomic mass is 16.5. The molecule has 1 atom stereocenters. The minimum absolute atomic E-state index is 0.126. The van der Waals surface area contributed by atoms with E-state index in [1.54, 1.807) is 0 Å². The third-order valence-corrected chi connectivity index (χ3v) is 6.80. The monoisotopic (exact) mass is 487 g/mol. The summed E-state index contributed by atoms with van der Waals surface area (Å²) in [7, 11) is 1.42. The Morgan fingerprint density at radius 2 is 1.31 bits per heavy atom. The smallest absolute Gasteiger partial charge is 0.311 e. The first-order valence-corrected chi connectivity index (χ1v) is 12.8. The zero-order valence-corrected chi connectivity index (χ0v) is 22.9. The molecule has 0 aliphatic rings. The molecule has 0 fully saturated rings. The maximum Gasteiger partial charge on any atom is 0.311 e. The predicted octanol–water partition coefficient (Wildman–Crippen LogP) is 7.97. The van der Waals surface area contributed by atoms with Gasteiger partial charge in [-0.3, -0.25) is 9.59 Å². The fourth-order valence-corrected chi connectivity index (χ4v) is 3.86. The summed E-state index contributed by atoms with van der Waals surface area (Å²) in [4.78, 5) is 23.2. The molecule has 4 rings (SSSR count). The molecule has 3 aromatic carbocycles. The van der Waals surface area contributed by atoms with Crippen molar-refractivity contribution >= 4 is 27.8 Å². The van der Waals surface area contributed by atoms with Crippen LogP contribution in [0.5, 0.6) is 0 Å². The van der Waals surface area contributed by atoms with Crippen molar-refractivity contribution in [1.82, 2.24) is 4.57 Å². The number of methoxy groups -OCH3 is 1. The second-order valence-electron chi connectivity index (χ2n) is 9.56. The molecule has 0 N–H and O–H groups in total. The minimum atomic E-state index is -0.311. The quantitative estimate of drug-likeness (QED) is 0.212. The highest BCUT2D eigenvalue weighted by molar-refractivity contribution is 5.93. The summed E-state index contributed by atoms with van der Waals surface area (Å²) in [6.07, 6.45) is 2.05. The number of pyridine rings is 1. The summed E-state index contributed by atoms with van der Waals surface area (Å²) in [6.45, 7) is 13.2. The summed E-state index contributed by atoms with van der Waals surface area (Å²) >= 11 is 0. The van der Waals surface area contributed by atoms with Crippen LogP contribution in [0.3, 0.4) is 0 Å². The Balaban J connectivity index is 0.000000207. The lowest BCUT2D eigenvalue weighted by Gasteiger charge is -2.17. The number of nitrogens with zero attached hydrogens (tertiary/aromatic N) is 1. The molecule has 192 valence electrons. The Morgan fingerprint density at radius 1 is 0.833 bits per heavy atom. The normalized spacial score (nSPS) is 11.6. The van der Waals surface area contributed by atoms with Crippen LogP contribution in [-0.2, 0) is 16.1 Å². The summed E-state index contributed by atoms with van der Waals surface area (Å²) in [5, 5.41) is 1.60. The predicted molar refractivity (Wildman–Crippen MR) is 153 cm³/mol. The number of benzene rings is 3. The number of para-hydroxylation sites is 2. The topological polar surface area (TPSA) is 48.3 Å². The second kappa shape index (κ2) is 13.6. The van der Waals surface area contributed by atoms with Crippen LogP contribution in [0.25, 0.3) is 21.8 Å². The maximum atomic E-state index is 12.3. The van der Waals surface area contributed by atoms with E-state index >= 15 is 0 Å². The number of carbonyl (C=O) groups is 1. The van der Waals surface area contributed by atoms with E-state index in [-0.39, 0.29) is 16.8 Å². The molecular weight excluding hydrogens is 446 g/mol. The fraction of sp³-hybridized carbons (Fsp3) is 0.375. The standard InChI is InChI=1S/C15H13NO.C10H14.C7H14O2/c1-2-16-13-9-5-3-7-11(13)15(17)12-8-4-6-10-14(12)16;1-3-9(2)10-7-5-4-6-8-10;1-5-7(2,3)6(8)9-4/h3-10H,2H2,1H3;4-9H,3H2,1-2H3;5H2,1-4H3. The number of ether oxygens (including phenoxy) is 1. The average Bonchev–Trinajstić information content (AvgIpc) is 2.93. The molecule has 0 radical (unpaired) electrons. The lowest BCUT2D eigenvalue weighted by atomic mass is 9.91. The number of aromatic nitrogens is 1. The number of fused-ring (bicyclic) bond motifs is 2. The van der Waals surface area contributed by atoms with Crippen molar-refractivity contribution in [1.29, 1.82) is 0 Å². The third-order valence-electron chi connectivity index (χ3n) is 6.80. The second-order valence-corrected chi connectivity index (χ2v) is 9.56. The van der Waals surface area contributed by atoms with Gasteiger partial charge in [-0.1, -0.05) is 75.4 Å². The van der Waals surface area contributed by atoms with Crippen LogP contribution >= 0.6 is 0 Å². The van der Waals surface area contributed by atoms with Crippen molar-refractivity contribution in [2.75, 3.05) is 7.11 Å². The van der Waals surface area contributed by atoms with Gasteiger partial charge in [0.15, 0.2) is 5.43 Å². The van der Waals surface area contributed by atoms with Crippen molar-refractivity contribution in [3.63, 3.8) is 0 Å². The van der Waals surface area contributed by atoms with E-state index in [0.717, 1.165) is 34.8 Å². The third kappa shape index (κ3) is 7.07. The molecule has 0 bridgehead atoms. The summed E-state index contributed by atoms with van der Waals surface area (Å²) in [6, 6.07) is 26.2. The highest BCUT2D eigenvalue weighted by Gasteiger charge is 2.25. The first-order valence-electron chi connectivity index (χ1n) is 12.8. The Labute approximate surface area is 215 Å². The zero-order valence-electron chi connectivity index (χ0n) is 22.9. The van der Waals surface area contributed by atoms with Crippen LogP contribution in [0.15, 0.2) is 83.7 Å². The summed E-state index contributed by atoms with van der Waals surface area (Å²) < 4.78 is 6.75. The van der Waals surface area contributed by atoms with E-state index in [2.05, 4.69) is 60.4 Å². The molecule has 0 aliphatic carbocycles. The number of esters is 1. The first kappa shape index (κ1) is 28.8. The van der Waals surface area contributed by atoms with Gasteiger partial charge >= 0.3 is 5.97 Å². The van der Waals surface area contributed by atoms with Gasteiger partial charge in [0.1, 0.15) is 0 Å². The maximum absolute atomic E-state index is 12.3.